The van der Waals surface area contributed by atoms with Crippen LogP contribution in [0, 0.1) is 17.3 Å². The zero-order valence-electron chi connectivity index (χ0n) is 11.2. The van der Waals surface area contributed by atoms with E-state index in [1.807, 2.05) is 0 Å². The molecule has 1 aromatic carbocycles. The molecule has 1 unspecified atom stereocenters. The van der Waals surface area contributed by atoms with Crippen molar-refractivity contribution in [1.82, 2.24) is 0 Å². The Kier molecular flexibility index (Phi) is 2.77. The van der Waals surface area contributed by atoms with Crippen molar-refractivity contribution in [3.8, 4) is 0 Å². The molecular formula is C17H24. The summed E-state index contributed by atoms with van der Waals surface area (Å²) in [5, 5.41) is 0. The predicted molar refractivity (Wildman–Crippen MR) is 73.1 cm³/mol. The van der Waals surface area contributed by atoms with Crippen LogP contribution in [0.15, 0.2) is 24.3 Å². The topological polar surface area (TPSA) is 0 Å². The van der Waals surface area contributed by atoms with Gasteiger partial charge in [0, 0.05) is 0 Å². The molecule has 0 aliphatic heterocycles. The number of aryl methyl sites for hydroxylation is 1. The molecule has 92 valence electrons. The van der Waals surface area contributed by atoms with Crippen LogP contribution in [0.25, 0.3) is 0 Å². The standard InChI is InChI=1S/C17H24/c1-17(2)11-5-8-15-12-14-7-4-3-6-13(14)9-10-16(15)17/h3-4,6-7,15-16H,5,8-12H2,1-2H3/t15-,16?/m0/s1. The Morgan fingerprint density at radius 1 is 1.06 bits per heavy atom. The van der Waals surface area contributed by atoms with E-state index in [0.717, 1.165) is 11.8 Å². The summed E-state index contributed by atoms with van der Waals surface area (Å²) >= 11 is 0. The van der Waals surface area contributed by atoms with Gasteiger partial charge in [0.05, 0.1) is 0 Å². The fourth-order valence-electron chi connectivity index (χ4n) is 4.31. The highest BCUT2D eigenvalue weighted by Crippen LogP contribution is 2.48. The van der Waals surface area contributed by atoms with Gasteiger partial charge in [0.1, 0.15) is 0 Å². The van der Waals surface area contributed by atoms with Gasteiger partial charge in [-0.25, -0.2) is 0 Å². The maximum absolute atomic E-state index is 2.50. The fourth-order valence-corrected chi connectivity index (χ4v) is 4.31. The summed E-state index contributed by atoms with van der Waals surface area (Å²) in [7, 11) is 0. The number of benzene rings is 1. The van der Waals surface area contributed by atoms with Gasteiger partial charge in [-0.15, -0.1) is 0 Å². The van der Waals surface area contributed by atoms with Gasteiger partial charge >= 0.3 is 0 Å². The van der Waals surface area contributed by atoms with E-state index in [1.165, 1.54) is 38.5 Å². The lowest BCUT2D eigenvalue weighted by atomic mass is 9.62. The lowest BCUT2D eigenvalue weighted by Crippen LogP contribution is -2.35. The smallest absolute Gasteiger partial charge is 0.0245 e. The van der Waals surface area contributed by atoms with Crippen LogP contribution in [0.2, 0.25) is 0 Å². The van der Waals surface area contributed by atoms with Crippen molar-refractivity contribution in [2.75, 3.05) is 0 Å². The summed E-state index contributed by atoms with van der Waals surface area (Å²) in [5.41, 5.74) is 3.83. The molecule has 0 amide bonds. The van der Waals surface area contributed by atoms with Crippen molar-refractivity contribution in [2.24, 2.45) is 17.3 Å². The molecular weight excluding hydrogens is 204 g/mol. The van der Waals surface area contributed by atoms with Gasteiger partial charge in [0.2, 0.25) is 0 Å². The maximum atomic E-state index is 2.50. The van der Waals surface area contributed by atoms with Crippen molar-refractivity contribution in [2.45, 2.75) is 52.4 Å². The highest BCUT2D eigenvalue weighted by molar-refractivity contribution is 5.29. The minimum absolute atomic E-state index is 0.574. The molecule has 3 rings (SSSR count). The Bertz CT molecular complexity index is 402. The van der Waals surface area contributed by atoms with Crippen LogP contribution in [0.5, 0.6) is 0 Å². The molecule has 0 saturated heterocycles. The van der Waals surface area contributed by atoms with Gasteiger partial charge in [0.15, 0.2) is 0 Å². The van der Waals surface area contributed by atoms with Crippen molar-refractivity contribution in [3.63, 3.8) is 0 Å². The molecule has 0 spiro atoms. The van der Waals surface area contributed by atoms with Gasteiger partial charge < -0.3 is 0 Å². The van der Waals surface area contributed by atoms with E-state index in [1.54, 1.807) is 11.1 Å². The zero-order valence-corrected chi connectivity index (χ0v) is 11.2. The van der Waals surface area contributed by atoms with Gasteiger partial charge in [-0.05, 0) is 60.5 Å². The van der Waals surface area contributed by atoms with E-state index >= 15 is 0 Å². The Balaban J connectivity index is 1.91. The average molecular weight is 228 g/mol. The van der Waals surface area contributed by atoms with Crippen LogP contribution in [0.4, 0.5) is 0 Å². The molecule has 1 aromatic rings. The third-order valence-electron chi connectivity index (χ3n) is 5.29. The summed E-state index contributed by atoms with van der Waals surface area (Å²) in [4.78, 5) is 0. The van der Waals surface area contributed by atoms with Gasteiger partial charge in [-0.3, -0.25) is 0 Å². The minimum atomic E-state index is 0.574. The molecule has 0 bridgehead atoms. The quantitative estimate of drug-likeness (QED) is 0.608. The van der Waals surface area contributed by atoms with E-state index in [4.69, 9.17) is 0 Å². The number of hydrogen-bond acceptors (Lipinski definition) is 0. The second-order valence-corrected chi connectivity index (χ2v) is 6.76. The molecule has 2 aliphatic carbocycles. The van der Waals surface area contributed by atoms with Crippen LogP contribution in [-0.4, -0.2) is 0 Å². The number of fused-ring (bicyclic) bond motifs is 2. The second kappa shape index (κ2) is 4.15. The highest BCUT2D eigenvalue weighted by Gasteiger charge is 2.39. The molecule has 2 aliphatic rings. The lowest BCUT2D eigenvalue weighted by molar-refractivity contribution is 0.0705. The van der Waals surface area contributed by atoms with Gasteiger partial charge in [-0.2, -0.15) is 0 Å². The van der Waals surface area contributed by atoms with Crippen molar-refractivity contribution in [3.05, 3.63) is 35.4 Å². The Labute approximate surface area is 105 Å². The summed E-state index contributed by atoms with van der Waals surface area (Å²) in [6.07, 6.45) is 8.39. The Hall–Kier alpha value is -0.780. The van der Waals surface area contributed by atoms with Crippen molar-refractivity contribution >= 4 is 0 Å². The first kappa shape index (κ1) is 11.3. The van der Waals surface area contributed by atoms with E-state index in [9.17, 15) is 0 Å². The lowest BCUT2D eigenvalue weighted by Gasteiger charge is -2.43. The third kappa shape index (κ3) is 2.03. The molecule has 17 heavy (non-hydrogen) atoms. The zero-order chi connectivity index (χ0) is 11.9. The first-order chi connectivity index (χ1) is 8.17. The summed E-state index contributed by atoms with van der Waals surface area (Å²) in [6.45, 7) is 5.00. The summed E-state index contributed by atoms with van der Waals surface area (Å²) < 4.78 is 0. The highest BCUT2D eigenvalue weighted by atomic mass is 14.4. The molecule has 0 heterocycles. The fraction of sp³-hybridized carbons (Fsp3) is 0.647. The van der Waals surface area contributed by atoms with E-state index in [0.29, 0.717) is 5.41 Å². The van der Waals surface area contributed by atoms with Gasteiger partial charge in [0.25, 0.3) is 0 Å². The number of rotatable bonds is 0. The molecule has 1 fully saturated rings. The van der Waals surface area contributed by atoms with Crippen LogP contribution in [-0.2, 0) is 12.8 Å². The van der Waals surface area contributed by atoms with E-state index in [2.05, 4.69) is 38.1 Å². The first-order valence-electron chi connectivity index (χ1n) is 7.23. The maximum Gasteiger partial charge on any atom is -0.0245 e. The molecule has 0 aromatic heterocycles. The third-order valence-corrected chi connectivity index (χ3v) is 5.29. The van der Waals surface area contributed by atoms with Crippen molar-refractivity contribution in [1.29, 1.82) is 0 Å². The molecule has 2 atom stereocenters. The van der Waals surface area contributed by atoms with Crippen LogP contribution >= 0.6 is 0 Å². The minimum Gasteiger partial charge on any atom is -0.0620 e. The SMILES string of the molecule is CC1(C)CCC[C@H]2Cc3ccccc3CCC21. The molecule has 0 heteroatoms. The van der Waals surface area contributed by atoms with Gasteiger partial charge in [-0.1, -0.05) is 44.5 Å². The molecule has 0 nitrogen and oxygen atoms in total. The van der Waals surface area contributed by atoms with Crippen LogP contribution < -0.4 is 0 Å². The molecule has 0 N–H and O–H groups in total. The van der Waals surface area contributed by atoms with Crippen molar-refractivity contribution < 1.29 is 0 Å². The predicted octanol–water partition coefficient (Wildman–Crippen LogP) is 4.62. The normalized spacial score (nSPS) is 31.2. The first-order valence-corrected chi connectivity index (χ1v) is 7.23. The van der Waals surface area contributed by atoms with Crippen LogP contribution in [0.3, 0.4) is 0 Å². The molecule has 1 saturated carbocycles. The molecule has 0 radical (unpaired) electrons. The summed E-state index contributed by atoms with van der Waals surface area (Å²) in [6, 6.07) is 9.13. The second-order valence-electron chi connectivity index (χ2n) is 6.76. The summed E-state index contributed by atoms with van der Waals surface area (Å²) in [5.74, 6) is 1.89. The van der Waals surface area contributed by atoms with E-state index in [-0.39, 0.29) is 0 Å². The number of hydrogen-bond donors (Lipinski definition) is 0. The van der Waals surface area contributed by atoms with E-state index < -0.39 is 0 Å². The van der Waals surface area contributed by atoms with Crippen LogP contribution in [0.1, 0.15) is 50.7 Å². The Morgan fingerprint density at radius 2 is 1.82 bits per heavy atom. The largest absolute Gasteiger partial charge is 0.0620 e. The average Bonchev–Trinajstić information content (AvgIpc) is 2.48. The Morgan fingerprint density at radius 3 is 2.65 bits per heavy atom. The monoisotopic (exact) mass is 228 g/mol.